The Morgan fingerprint density at radius 3 is 2.82 bits per heavy atom. The van der Waals surface area contributed by atoms with Gasteiger partial charge >= 0.3 is 0 Å². The molecule has 0 saturated carbocycles. The van der Waals surface area contributed by atoms with E-state index in [4.69, 9.17) is 5.26 Å². The van der Waals surface area contributed by atoms with Gasteiger partial charge in [-0.1, -0.05) is 6.07 Å². The van der Waals surface area contributed by atoms with Crippen LogP contribution in [-0.4, -0.2) is 35.3 Å². The Bertz CT molecular complexity index is 835. The summed E-state index contributed by atoms with van der Waals surface area (Å²) in [5.41, 5.74) is 2.03. The molecule has 0 amide bonds. The molecular formula is C12H13N7O2S. The molecule has 0 aliphatic rings. The number of aromatic nitrogens is 4. The molecule has 9 nitrogen and oxygen atoms in total. The smallest absolute Gasteiger partial charge is 0.229 e. The molecule has 1 aromatic heterocycles. The molecule has 0 bridgehead atoms. The zero-order chi connectivity index (χ0) is 16.2. The number of H-pyrrole nitrogens is 1. The van der Waals surface area contributed by atoms with Crippen molar-refractivity contribution >= 4 is 27.0 Å². The van der Waals surface area contributed by atoms with Crippen molar-refractivity contribution < 1.29 is 8.42 Å². The number of rotatable bonds is 5. The van der Waals surface area contributed by atoms with Crippen molar-refractivity contribution in [2.75, 3.05) is 16.3 Å². The summed E-state index contributed by atoms with van der Waals surface area (Å²) in [5.74, 6) is 0.164. The highest BCUT2D eigenvalue weighted by atomic mass is 32.2. The number of nitrogens with zero attached hydrogens (tertiary/aromatic N) is 4. The van der Waals surface area contributed by atoms with Gasteiger partial charge in [0.1, 0.15) is 11.6 Å². The second-order valence-corrected chi connectivity index (χ2v) is 6.20. The van der Waals surface area contributed by atoms with E-state index < -0.39 is 10.0 Å². The third-order valence-corrected chi connectivity index (χ3v) is 3.21. The average molecular weight is 319 g/mol. The van der Waals surface area contributed by atoms with Crippen molar-refractivity contribution in [1.29, 1.82) is 5.26 Å². The molecule has 114 valence electrons. The van der Waals surface area contributed by atoms with Gasteiger partial charge in [0.25, 0.3) is 0 Å². The molecule has 0 fully saturated rings. The van der Waals surface area contributed by atoms with E-state index >= 15 is 0 Å². The molecule has 1 aromatic carbocycles. The second kappa shape index (κ2) is 6.23. The summed E-state index contributed by atoms with van der Waals surface area (Å²) in [6.45, 7) is 1.78. The maximum absolute atomic E-state index is 11.3. The van der Waals surface area contributed by atoms with Crippen LogP contribution in [0.25, 0.3) is 5.57 Å². The molecule has 22 heavy (non-hydrogen) atoms. The van der Waals surface area contributed by atoms with Gasteiger partial charge in [-0.25, -0.2) is 8.42 Å². The topological polar surface area (TPSA) is 136 Å². The van der Waals surface area contributed by atoms with E-state index in [1.165, 1.54) is 6.20 Å². The monoisotopic (exact) mass is 319 g/mol. The SMILES string of the molecule is Cc1ccc(NC=C(C#N)c2nn[nH]n2)cc1NS(C)(=O)=O. The number of allylic oxidation sites excluding steroid dienone is 1. The van der Waals surface area contributed by atoms with Crippen LogP contribution in [-0.2, 0) is 10.0 Å². The maximum atomic E-state index is 11.3. The Labute approximate surface area is 127 Å². The largest absolute Gasteiger partial charge is 0.360 e. The maximum Gasteiger partial charge on any atom is 0.229 e. The van der Waals surface area contributed by atoms with Crippen LogP contribution in [0.2, 0.25) is 0 Å². The summed E-state index contributed by atoms with van der Waals surface area (Å²) in [6.07, 6.45) is 2.50. The fourth-order valence-electron chi connectivity index (χ4n) is 1.60. The number of benzene rings is 1. The minimum atomic E-state index is -3.37. The average Bonchev–Trinajstić information content (AvgIpc) is 2.95. The lowest BCUT2D eigenvalue weighted by Gasteiger charge is -2.10. The van der Waals surface area contributed by atoms with Gasteiger partial charge in [-0.15, -0.1) is 10.2 Å². The minimum absolute atomic E-state index is 0.164. The van der Waals surface area contributed by atoms with Gasteiger partial charge in [0.05, 0.1) is 11.9 Å². The van der Waals surface area contributed by atoms with Crippen LogP contribution in [0, 0.1) is 18.3 Å². The Balaban J connectivity index is 2.24. The lowest BCUT2D eigenvalue weighted by atomic mass is 10.2. The highest BCUT2D eigenvalue weighted by Crippen LogP contribution is 2.21. The zero-order valence-corrected chi connectivity index (χ0v) is 12.6. The van der Waals surface area contributed by atoms with Crippen molar-refractivity contribution in [1.82, 2.24) is 20.6 Å². The summed E-state index contributed by atoms with van der Waals surface area (Å²) >= 11 is 0. The summed E-state index contributed by atoms with van der Waals surface area (Å²) in [6, 6.07) is 7.07. The van der Waals surface area contributed by atoms with E-state index in [0.29, 0.717) is 11.4 Å². The van der Waals surface area contributed by atoms with Crippen LogP contribution in [0.5, 0.6) is 0 Å². The van der Waals surface area contributed by atoms with Crippen LogP contribution in [0.3, 0.4) is 0 Å². The van der Waals surface area contributed by atoms with E-state index in [-0.39, 0.29) is 11.4 Å². The summed E-state index contributed by atoms with van der Waals surface area (Å²) < 4.78 is 25.1. The molecule has 2 rings (SSSR count). The van der Waals surface area contributed by atoms with Crippen molar-refractivity contribution in [2.45, 2.75) is 6.92 Å². The van der Waals surface area contributed by atoms with E-state index in [2.05, 4.69) is 30.7 Å². The predicted octanol–water partition coefficient (Wildman–Crippen LogP) is 0.856. The fraction of sp³-hybridized carbons (Fsp3) is 0.167. The van der Waals surface area contributed by atoms with Crippen LogP contribution in [0.15, 0.2) is 24.4 Å². The molecule has 3 N–H and O–H groups in total. The molecule has 0 spiro atoms. The predicted molar refractivity (Wildman–Crippen MR) is 81.0 cm³/mol. The first kappa shape index (κ1) is 15.5. The van der Waals surface area contributed by atoms with E-state index in [1.807, 2.05) is 6.07 Å². The standard InChI is InChI=1S/C12H13N7O2S/c1-8-3-4-10(5-11(8)17-22(2,20)21)14-7-9(6-13)12-15-18-19-16-12/h3-5,7,14,17H,1-2H3,(H,15,16,18,19). The first-order chi connectivity index (χ1) is 10.4. The van der Waals surface area contributed by atoms with Crippen molar-refractivity contribution in [3.63, 3.8) is 0 Å². The number of anilines is 2. The number of aromatic amines is 1. The molecule has 0 aliphatic carbocycles. The number of aryl methyl sites for hydroxylation is 1. The number of tetrazole rings is 1. The first-order valence-electron chi connectivity index (χ1n) is 6.08. The van der Waals surface area contributed by atoms with Crippen molar-refractivity contribution in [2.24, 2.45) is 0 Å². The summed E-state index contributed by atoms with van der Waals surface area (Å²) in [4.78, 5) is 0. The molecule has 2 aromatic rings. The fourth-order valence-corrected chi connectivity index (χ4v) is 2.22. The van der Waals surface area contributed by atoms with Crippen molar-refractivity contribution in [3.05, 3.63) is 35.8 Å². The number of nitrogens with one attached hydrogen (secondary N) is 3. The van der Waals surface area contributed by atoms with Gasteiger partial charge in [-0.2, -0.15) is 10.5 Å². The zero-order valence-electron chi connectivity index (χ0n) is 11.8. The third-order valence-electron chi connectivity index (χ3n) is 2.62. The molecule has 0 saturated heterocycles. The minimum Gasteiger partial charge on any atom is -0.360 e. The van der Waals surface area contributed by atoms with Gasteiger partial charge in [-0.3, -0.25) is 4.72 Å². The lowest BCUT2D eigenvalue weighted by molar-refractivity contribution is 0.607. The van der Waals surface area contributed by atoms with Crippen LogP contribution < -0.4 is 10.0 Å². The Kier molecular flexibility index (Phi) is 4.38. The normalized spacial score (nSPS) is 11.8. The van der Waals surface area contributed by atoms with Gasteiger partial charge < -0.3 is 5.32 Å². The number of hydrogen-bond acceptors (Lipinski definition) is 7. The van der Waals surface area contributed by atoms with Gasteiger partial charge in [0.15, 0.2) is 0 Å². The van der Waals surface area contributed by atoms with Crippen LogP contribution >= 0.6 is 0 Å². The Morgan fingerprint density at radius 1 is 1.45 bits per heavy atom. The highest BCUT2D eigenvalue weighted by molar-refractivity contribution is 7.92. The van der Waals surface area contributed by atoms with Gasteiger partial charge in [0, 0.05) is 11.9 Å². The third kappa shape index (κ3) is 4.03. The second-order valence-electron chi connectivity index (χ2n) is 4.45. The molecule has 0 atom stereocenters. The molecule has 0 unspecified atom stereocenters. The van der Waals surface area contributed by atoms with E-state index in [9.17, 15) is 8.42 Å². The summed E-state index contributed by atoms with van der Waals surface area (Å²) in [5, 5.41) is 25.0. The Hall–Kier alpha value is -2.93. The van der Waals surface area contributed by atoms with Gasteiger partial charge in [-0.05, 0) is 29.8 Å². The summed E-state index contributed by atoms with van der Waals surface area (Å²) in [7, 11) is -3.37. The Morgan fingerprint density at radius 2 is 2.23 bits per heavy atom. The van der Waals surface area contributed by atoms with Crippen LogP contribution in [0.4, 0.5) is 11.4 Å². The number of hydrogen-bond donors (Lipinski definition) is 3. The van der Waals surface area contributed by atoms with E-state index in [1.54, 1.807) is 25.1 Å². The van der Waals surface area contributed by atoms with Crippen LogP contribution in [0.1, 0.15) is 11.4 Å². The highest BCUT2D eigenvalue weighted by Gasteiger charge is 2.07. The molecule has 0 radical (unpaired) electrons. The molecule has 1 heterocycles. The van der Waals surface area contributed by atoms with Crippen molar-refractivity contribution in [3.8, 4) is 6.07 Å². The first-order valence-corrected chi connectivity index (χ1v) is 7.97. The molecule has 0 aliphatic heterocycles. The molecular weight excluding hydrogens is 306 g/mol. The van der Waals surface area contributed by atoms with E-state index in [0.717, 1.165) is 11.8 Å². The lowest BCUT2D eigenvalue weighted by Crippen LogP contribution is -2.10. The molecule has 10 heteroatoms. The number of sulfonamides is 1. The number of nitriles is 1. The quantitative estimate of drug-likeness (QED) is 0.695. The van der Waals surface area contributed by atoms with Gasteiger partial charge in [0.2, 0.25) is 15.8 Å².